The van der Waals surface area contributed by atoms with Crippen LogP contribution < -0.4 is 0 Å². The number of hydrogen-bond donors (Lipinski definition) is 0. The Morgan fingerprint density at radius 2 is 1.13 bits per heavy atom. The first-order chi connectivity index (χ1) is 6.54. The van der Waals surface area contributed by atoms with Crippen molar-refractivity contribution >= 4 is 38.0 Å². The molecule has 15 heavy (non-hydrogen) atoms. The van der Waals surface area contributed by atoms with Gasteiger partial charge in [0.2, 0.25) is 0 Å². The van der Waals surface area contributed by atoms with Crippen molar-refractivity contribution < 1.29 is 18.0 Å². The van der Waals surface area contributed by atoms with Crippen LogP contribution in [0, 0.1) is 20.2 Å². The first kappa shape index (κ1) is 14.9. The Balaban J connectivity index is 4.42. The van der Waals surface area contributed by atoms with Crippen molar-refractivity contribution in [3.05, 3.63) is 20.2 Å². The van der Waals surface area contributed by atoms with Gasteiger partial charge >= 0.3 is 96.2 Å². The van der Waals surface area contributed by atoms with E-state index in [2.05, 4.69) is 6.40 Å². The summed E-state index contributed by atoms with van der Waals surface area (Å²) in [4.78, 5) is 26.1. The molecule has 0 saturated carbocycles. The molecule has 0 aromatic rings. The van der Waals surface area contributed by atoms with Crippen LogP contribution in [0.1, 0.15) is 0 Å². The molecule has 0 spiro atoms. The monoisotopic (exact) mass is 460 g/mol. The van der Waals surface area contributed by atoms with Crippen molar-refractivity contribution in [2.45, 2.75) is 19.9 Å². The third-order valence-corrected chi connectivity index (χ3v) is 18.0. The van der Waals surface area contributed by atoms with E-state index in [1.54, 1.807) is 0 Å². The Kier molecular flexibility index (Phi) is 5.30. The van der Waals surface area contributed by atoms with Crippen LogP contribution >= 0.6 is 0 Å². The topological polar surface area (TPSA) is 114 Å². The van der Waals surface area contributed by atoms with E-state index in [1.165, 1.54) is 19.9 Å². The summed E-state index contributed by atoms with van der Waals surface area (Å²) in [5.74, 6) is 0. The summed E-state index contributed by atoms with van der Waals surface area (Å²) < 4.78 is 14.1. The normalized spacial score (nSPS) is 14.1. The molecular formula is C4H12N2O7Te2. The summed E-state index contributed by atoms with van der Waals surface area (Å²) in [5.41, 5.74) is 0. The second-order valence-electron chi connectivity index (χ2n) is 2.95. The number of nitrogens with zero attached hydrogens (tertiary/aromatic N) is 2. The summed E-state index contributed by atoms with van der Waals surface area (Å²) in [6.45, 7) is 0. The molecule has 11 heteroatoms. The third kappa shape index (κ3) is 7.82. The summed E-state index contributed by atoms with van der Waals surface area (Å²) in [7, 11) is 0. The molecule has 0 aliphatic rings. The van der Waals surface area contributed by atoms with Crippen LogP contribution in [0.3, 0.4) is 0 Å². The molecular weight excluding hydrogens is 443 g/mol. The van der Waals surface area contributed by atoms with Crippen molar-refractivity contribution in [3.63, 3.8) is 0 Å². The van der Waals surface area contributed by atoms with Crippen LogP contribution in [0.15, 0.2) is 0 Å². The van der Waals surface area contributed by atoms with Crippen LogP contribution in [0.25, 0.3) is 0 Å². The molecule has 0 fully saturated rings. The van der Waals surface area contributed by atoms with Crippen LogP contribution in [0.4, 0.5) is 0 Å². The second kappa shape index (κ2) is 5.32. The summed E-state index contributed by atoms with van der Waals surface area (Å²) >= 11 is -7.10. The van der Waals surface area contributed by atoms with Gasteiger partial charge in [-0.05, 0) is 0 Å². The third-order valence-electron chi connectivity index (χ3n) is 0.808. The van der Waals surface area contributed by atoms with Crippen molar-refractivity contribution in [2.75, 3.05) is 0 Å². The molecule has 0 bridgehead atoms. The standard InChI is InChI=1S/C4H12N2O7Te2/c1-14(2,11-5(7)8)13-15(3,4)12-6(9)10/h1-4H3. The van der Waals surface area contributed by atoms with Gasteiger partial charge in [0.1, 0.15) is 0 Å². The maximum absolute atomic E-state index is 10.1. The first-order valence-electron chi connectivity index (χ1n) is 3.40. The summed E-state index contributed by atoms with van der Waals surface area (Å²) in [5, 5.41) is 18.4. The average Bonchev–Trinajstić information content (AvgIpc) is 1.73. The fraction of sp³-hybridized carbons (Fsp3) is 1.00. The van der Waals surface area contributed by atoms with Crippen molar-refractivity contribution in [1.82, 2.24) is 0 Å². The van der Waals surface area contributed by atoms with Gasteiger partial charge in [0, 0.05) is 0 Å². The van der Waals surface area contributed by atoms with Crippen LogP contribution in [-0.4, -0.2) is 48.2 Å². The molecule has 0 unspecified atom stereocenters. The Labute approximate surface area is 95.7 Å². The van der Waals surface area contributed by atoms with E-state index in [1.807, 2.05) is 0 Å². The molecule has 0 aliphatic heterocycles. The Morgan fingerprint density at radius 1 is 0.867 bits per heavy atom. The molecule has 0 aliphatic carbocycles. The molecule has 0 aromatic carbocycles. The first-order valence-corrected chi connectivity index (χ1v) is 16.5. The average molecular weight is 455 g/mol. The van der Waals surface area contributed by atoms with Gasteiger partial charge in [-0.3, -0.25) is 0 Å². The minimum absolute atomic E-state index is 0.938. The van der Waals surface area contributed by atoms with E-state index in [0.29, 0.717) is 0 Å². The molecule has 0 N–H and O–H groups in total. The molecule has 0 atom stereocenters. The predicted octanol–water partition coefficient (Wildman–Crippen LogP) is 0.823. The van der Waals surface area contributed by atoms with Gasteiger partial charge in [-0.2, -0.15) is 0 Å². The zero-order valence-corrected chi connectivity index (χ0v) is 13.2. The fourth-order valence-electron chi connectivity index (χ4n) is 0.713. The van der Waals surface area contributed by atoms with E-state index in [-0.39, 0.29) is 0 Å². The maximum atomic E-state index is 10.1. The second-order valence-corrected chi connectivity index (χ2v) is 19.8. The van der Waals surface area contributed by atoms with Gasteiger partial charge in [0.05, 0.1) is 0 Å². The van der Waals surface area contributed by atoms with E-state index >= 15 is 0 Å². The molecule has 0 saturated heterocycles. The molecule has 0 aromatic heterocycles. The Hall–Kier alpha value is -0.0608. The van der Waals surface area contributed by atoms with Crippen LogP contribution in [0.5, 0.6) is 0 Å². The van der Waals surface area contributed by atoms with Crippen molar-refractivity contribution in [1.29, 1.82) is 0 Å². The number of rotatable bonds is 6. The van der Waals surface area contributed by atoms with Gasteiger partial charge in [0.15, 0.2) is 0 Å². The minimum atomic E-state index is -3.55. The van der Waals surface area contributed by atoms with E-state index in [4.69, 9.17) is 1.47 Å². The van der Waals surface area contributed by atoms with E-state index in [9.17, 15) is 20.2 Å². The van der Waals surface area contributed by atoms with Gasteiger partial charge in [-0.15, -0.1) is 0 Å². The van der Waals surface area contributed by atoms with Crippen LogP contribution in [0.2, 0.25) is 19.9 Å². The zero-order valence-electron chi connectivity index (χ0n) is 8.57. The SMILES string of the molecule is C[Te](C)(O[N+](=O)[O-])O[Te](C)(C)O[N+](=O)[O-]. The molecule has 0 radical (unpaired) electrons. The molecule has 0 amide bonds. The fourth-order valence-corrected chi connectivity index (χ4v) is 20.8. The van der Waals surface area contributed by atoms with Gasteiger partial charge < -0.3 is 0 Å². The Bertz CT molecular complexity index is 242. The van der Waals surface area contributed by atoms with Gasteiger partial charge in [-0.25, -0.2) is 0 Å². The van der Waals surface area contributed by atoms with Crippen molar-refractivity contribution in [2.24, 2.45) is 0 Å². The van der Waals surface area contributed by atoms with Gasteiger partial charge in [-0.1, -0.05) is 0 Å². The molecule has 0 heterocycles. The molecule has 9 nitrogen and oxygen atoms in total. The summed E-state index contributed by atoms with van der Waals surface area (Å²) in [6, 6.07) is 0. The van der Waals surface area contributed by atoms with Gasteiger partial charge in [0.25, 0.3) is 0 Å². The van der Waals surface area contributed by atoms with E-state index < -0.39 is 48.2 Å². The van der Waals surface area contributed by atoms with Crippen LogP contribution in [-0.2, 0) is 7.87 Å². The quantitative estimate of drug-likeness (QED) is 0.331. The molecule has 92 valence electrons. The molecule has 0 rings (SSSR count). The zero-order chi connectivity index (χ0) is 12.3. The predicted molar refractivity (Wildman–Crippen MR) is 52.2 cm³/mol. The summed E-state index contributed by atoms with van der Waals surface area (Å²) in [6.07, 6.45) is 0. The number of hydrogen-bond acceptors (Lipinski definition) is 7. The Morgan fingerprint density at radius 3 is 1.33 bits per heavy atom. The van der Waals surface area contributed by atoms with Crippen molar-refractivity contribution in [3.8, 4) is 0 Å². The van der Waals surface area contributed by atoms with E-state index in [0.717, 1.165) is 0 Å².